The standard InChI is InChI=1S/C19H24N2O/c1-22-18-12-6-5-10-16(18)14-17-11-7-13-21(20)19(17)15-8-3-2-4-9-15/h2-6,8-10,12,17,19H,7,11,13-14,20H2,1H3/t17-,19+/m0/s1. The Bertz CT molecular complexity index is 599. The Morgan fingerprint density at radius 1 is 1.09 bits per heavy atom. The first-order valence-electron chi connectivity index (χ1n) is 7.98. The van der Waals surface area contributed by atoms with E-state index in [-0.39, 0.29) is 6.04 Å². The number of ether oxygens (including phenoxy) is 1. The molecule has 0 radical (unpaired) electrons. The van der Waals surface area contributed by atoms with E-state index >= 15 is 0 Å². The molecule has 2 aromatic rings. The molecule has 2 N–H and O–H groups in total. The maximum absolute atomic E-state index is 6.33. The van der Waals surface area contributed by atoms with Crippen molar-refractivity contribution >= 4 is 0 Å². The van der Waals surface area contributed by atoms with Gasteiger partial charge in [0.2, 0.25) is 0 Å². The van der Waals surface area contributed by atoms with Gasteiger partial charge in [0.15, 0.2) is 0 Å². The lowest BCUT2D eigenvalue weighted by Gasteiger charge is -2.39. The number of benzene rings is 2. The highest BCUT2D eigenvalue weighted by molar-refractivity contribution is 5.34. The topological polar surface area (TPSA) is 38.5 Å². The third-order valence-electron chi connectivity index (χ3n) is 4.61. The molecule has 0 unspecified atom stereocenters. The number of nitrogens with two attached hydrogens (primary N) is 1. The molecule has 22 heavy (non-hydrogen) atoms. The first-order valence-corrected chi connectivity index (χ1v) is 7.98. The lowest BCUT2D eigenvalue weighted by molar-refractivity contribution is 0.0923. The first kappa shape index (κ1) is 15.1. The second kappa shape index (κ2) is 6.95. The van der Waals surface area contributed by atoms with Crippen molar-refractivity contribution in [1.29, 1.82) is 0 Å². The fourth-order valence-corrected chi connectivity index (χ4v) is 3.59. The monoisotopic (exact) mass is 296 g/mol. The van der Waals surface area contributed by atoms with Crippen LogP contribution in [0.5, 0.6) is 5.75 Å². The number of hydrogen-bond acceptors (Lipinski definition) is 3. The number of para-hydroxylation sites is 1. The fraction of sp³-hybridized carbons (Fsp3) is 0.368. The lowest BCUT2D eigenvalue weighted by Crippen LogP contribution is -2.44. The van der Waals surface area contributed by atoms with Gasteiger partial charge in [-0.3, -0.25) is 5.84 Å². The Balaban J connectivity index is 1.87. The van der Waals surface area contributed by atoms with E-state index in [0.717, 1.165) is 25.1 Å². The molecule has 0 bridgehead atoms. The van der Waals surface area contributed by atoms with Crippen molar-refractivity contribution in [2.24, 2.45) is 11.8 Å². The molecule has 1 fully saturated rings. The van der Waals surface area contributed by atoms with Gasteiger partial charge in [-0.15, -0.1) is 0 Å². The van der Waals surface area contributed by atoms with Crippen molar-refractivity contribution in [1.82, 2.24) is 5.01 Å². The zero-order valence-electron chi connectivity index (χ0n) is 13.1. The van der Waals surface area contributed by atoms with Crippen LogP contribution >= 0.6 is 0 Å². The minimum absolute atomic E-state index is 0.278. The summed E-state index contributed by atoms with van der Waals surface area (Å²) in [6.45, 7) is 0.960. The van der Waals surface area contributed by atoms with Gasteiger partial charge in [0, 0.05) is 6.54 Å². The molecule has 2 aromatic carbocycles. The number of rotatable bonds is 4. The summed E-state index contributed by atoms with van der Waals surface area (Å²) in [5.41, 5.74) is 2.58. The van der Waals surface area contributed by atoms with Crippen molar-refractivity contribution in [2.75, 3.05) is 13.7 Å². The van der Waals surface area contributed by atoms with Crippen LogP contribution in [0.1, 0.15) is 30.0 Å². The van der Waals surface area contributed by atoms with Gasteiger partial charge in [0.1, 0.15) is 5.75 Å². The summed E-state index contributed by atoms with van der Waals surface area (Å²) in [4.78, 5) is 0. The SMILES string of the molecule is COc1ccccc1C[C@@H]1CCCN(N)[C@@H]1c1ccccc1. The van der Waals surface area contributed by atoms with Crippen LogP contribution in [0.4, 0.5) is 0 Å². The Kier molecular flexibility index (Phi) is 4.76. The van der Waals surface area contributed by atoms with E-state index in [1.165, 1.54) is 17.5 Å². The molecular formula is C19H24N2O. The summed E-state index contributed by atoms with van der Waals surface area (Å²) >= 11 is 0. The minimum Gasteiger partial charge on any atom is -0.496 e. The molecule has 3 nitrogen and oxygen atoms in total. The Morgan fingerprint density at radius 2 is 1.82 bits per heavy atom. The van der Waals surface area contributed by atoms with E-state index in [4.69, 9.17) is 10.6 Å². The quantitative estimate of drug-likeness (QED) is 0.877. The molecule has 0 spiro atoms. The van der Waals surface area contributed by atoms with Gasteiger partial charge in [0.25, 0.3) is 0 Å². The number of hydrazine groups is 1. The smallest absolute Gasteiger partial charge is 0.122 e. The number of hydrogen-bond donors (Lipinski definition) is 1. The van der Waals surface area contributed by atoms with Gasteiger partial charge in [-0.25, -0.2) is 5.01 Å². The summed E-state index contributed by atoms with van der Waals surface area (Å²) in [7, 11) is 1.74. The van der Waals surface area contributed by atoms with Crippen LogP contribution < -0.4 is 10.6 Å². The van der Waals surface area contributed by atoms with Gasteiger partial charge in [-0.2, -0.15) is 0 Å². The normalized spacial score (nSPS) is 22.5. The second-order valence-corrected chi connectivity index (χ2v) is 6.01. The van der Waals surface area contributed by atoms with E-state index in [1.54, 1.807) is 7.11 Å². The van der Waals surface area contributed by atoms with Crippen molar-refractivity contribution in [2.45, 2.75) is 25.3 Å². The van der Waals surface area contributed by atoms with Crippen LogP contribution in [0.15, 0.2) is 54.6 Å². The lowest BCUT2D eigenvalue weighted by atomic mass is 9.81. The molecule has 116 valence electrons. The van der Waals surface area contributed by atoms with Crippen molar-refractivity contribution < 1.29 is 4.74 Å². The minimum atomic E-state index is 0.278. The molecule has 0 aromatic heterocycles. The third kappa shape index (κ3) is 3.16. The highest BCUT2D eigenvalue weighted by atomic mass is 16.5. The van der Waals surface area contributed by atoms with Gasteiger partial charge in [-0.05, 0) is 42.4 Å². The predicted octanol–water partition coefficient (Wildman–Crippen LogP) is 3.56. The Labute approximate surface area is 132 Å². The van der Waals surface area contributed by atoms with Crippen molar-refractivity contribution in [3.63, 3.8) is 0 Å². The highest BCUT2D eigenvalue weighted by Crippen LogP contribution is 2.37. The summed E-state index contributed by atoms with van der Waals surface area (Å²) in [5, 5.41) is 2.01. The average Bonchev–Trinajstić information content (AvgIpc) is 2.56. The molecule has 1 aliphatic rings. The first-order chi connectivity index (χ1) is 10.8. The van der Waals surface area contributed by atoms with Crippen molar-refractivity contribution in [3.8, 4) is 5.75 Å². The summed E-state index contributed by atoms with van der Waals surface area (Å²) in [6, 6.07) is 19.2. The maximum atomic E-state index is 6.33. The van der Waals surface area contributed by atoms with Crippen LogP contribution in [0, 0.1) is 5.92 Å². The molecule has 1 saturated heterocycles. The summed E-state index contributed by atoms with van der Waals surface area (Å²) in [5.74, 6) is 7.81. The van der Waals surface area contributed by atoms with Crippen LogP contribution in [-0.2, 0) is 6.42 Å². The van der Waals surface area contributed by atoms with Gasteiger partial charge < -0.3 is 4.74 Å². The number of piperidine rings is 1. The predicted molar refractivity (Wildman–Crippen MR) is 89.5 cm³/mol. The zero-order valence-corrected chi connectivity index (χ0v) is 13.1. The summed E-state index contributed by atoms with van der Waals surface area (Å²) < 4.78 is 5.51. The maximum Gasteiger partial charge on any atom is 0.122 e. The van der Waals surface area contributed by atoms with Crippen molar-refractivity contribution in [3.05, 3.63) is 65.7 Å². The Hall–Kier alpha value is -1.84. The van der Waals surface area contributed by atoms with E-state index in [1.807, 2.05) is 17.1 Å². The molecule has 1 heterocycles. The average molecular weight is 296 g/mol. The molecule has 1 aliphatic heterocycles. The second-order valence-electron chi connectivity index (χ2n) is 6.01. The molecule has 3 heteroatoms. The largest absolute Gasteiger partial charge is 0.496 e. The van der Waals surface area contributed by atoms with Crippen LogP contribution in [-0.4, -0.2) is 18.7 Å². The van der Waals surface area contributed by atoms with Crippen LogP contribution in [0.3, 0.4) is 0 Å². The molecule has 0 amide bonds. The summed E-state index contributed by atoms with van der Waals surface area (Å²) in [6.07, 6.45) is 3.35. The molecule has 3 rings (SSSR count). The zero-order chi connectivity index (χ0) is 15.4. The van der Waals surface area contributed by atoms with E-state index < -0.39 is 0 Å². The number of nitrogens with zero attached hydrogens (tertiary/aromatic N) is 1. The molecular weight excluding hydrogens is 272 g/mol. The van der Waals surface area contributed by atoms with Crippen LogP contribution in [0.2, 0.25) is 0 Å². The van der Waals surface area contributed by atoms with E-state index in [9.17, 15) is 0 Å². The van der Waals surface area contributed by atoms with Gasteiger partial charge in [-0.1, -0.05) is 48.5 Å². The highest BCUT2D eigenvalue weighted by Gasteiger charge is 2.31. The fourth-order valence-electron chi connectivity index (χ4n) is 3.59. The van der Waals surface area contributed by atoms with Gasteiger partial charge >= 0.3 is 0 Å². The third-order valence-corrected chi connectivity index (χ3v) is 4.61. The Morgan fingerprint density at radius 3 is 2.59 bits per heavy atom. The van der Waals surface area contributed by atoms with Crippen LogP contribution in [0.25, 0.3) is 0 Å². The molecule has 0 saturated carbocycles. The molecule has 0 aliphatic carbocycles. The van der Waals surface area contributed by atoms with E-state index in [0.29, 0.717) is 5.92 Å². The molecule has 2 atom stereocenters. The van der Waals surface area contributed by atoms with Gasteiger partial charge in [0.05, 0.1) is 13.2 Å². The number of methoxy groups -OCH3 is 1. The van der Waals surface area contributed by atoms with E-state index in [2.05, 4.69) is 42.5 Å².